The van der Waals surface area contributed by atoms with Gasteiger partial charge in [-0.1, -0.05) is 85.4 Å². The quantitative estimate of drug-likeness (QED) is 0.471. The lowest BCUT2D eigenvalue weighted by Crippen LogP contribution is -2.26. The van der Waals surface area contributed by atoms with Crippen molar-refractivity contribution in [2.75, 3.05) is 0 Å². The first-order valence-corrected chi connectivity index (χ1v) is 9.06. The number of rotatable bonds is 3. The van der Waals surface area contributed by atoms with Crippen LogP contribution in [0.5, 0.6) is 0 Å². The van der Waals surface area contributed by atoms with Crippen molar-refractivity contribution < 1.29 is 15.0 Å². The van der Waals surface area contributed by atoms with E-state index in [9.17, 15) is 0 Å². The van der Waals surface area contributed by atoms with E-state index in [4.69, 9.17) is 26.6 Å². The summed E-state index contributed by atoms with van der Waals surface area (Å²) in [6.45, 7) is 4.62. The molecule has 118 valence electrons. The molecule has 3 nitrogen and oxygen atoms in total. The predicted molar refractivity (Wildman–Crippen MR) is 96.2 cm³/mol. The minimum atomic E-state index is -1.83. The third kappa shape index (κ3) is 5.41. The molecule has 1 aromatic carbocycles. The number of carboxylic acid groups (broad SMARTS) is 2. The summed E-state index contributed by atoms with van der Waals surface area (Å²) in [5.74, 6) is 0.678. The number of carbonyl (C=O) groups is 1. The topological polar surface area (TPSA) is 57.5 Å². The van der Waals surface area contributed by atoms with E-state index in [2.05, 4.69) is 73.8 Å². The molecule has 0 aromatic heterocycles. The van der Waals surface area contributed by atoms with Gasteiger partial charge in [0.05, 0.1) is 0 Å². The summed E-state index contributed by atoms with van der Waals surface area (Å²) in [6.07, 6.45) is -0.574. The van der Waals surface area contributed by atoms with Crippen LogP contribution in [0.3, 0.4) is 0 Å². The molecular weight excluding hydrogens is 491 g/mol. The van der Waals surface area contributed by atoms with Gasteiger partial charge in [-0.2, -0.15) is 0 Å². The van der Waals surface area contributed by atoms with Gasteiger partial charge in [-0.15, -0.1) is 0 Å². The molecule has 2 rings (SSSR count). The van der Waals surface area contributed by atoms with Crippen LogP contribution in [-0.4, -0.2) is 21.2 Å². The molecular formula is C14H16Br3ClO3. The smallest absolute Gasteiger partial charge is 0.450 e. The molecule has 1 aliphatic carbocycles. The third-order valence-corrected chi connectivity index (χ3v) is 8.23. The Morgan fingerprint density at radius 2 is 1.71 bits per heavy atom. The Bertz CT molecular complexity index is 499. The highest BCUT2D eigenvalue weighted by molar-refractivity contribution is 9.25. The van der Waals surface area contributed by atoms with Crippen molar-refractivity contribution in [2.45, 2.75) is 28.3 Å². The van der Waals surface area contributed by atoms with Crippen LogP contribution in [0.2, 0.25) is 5.02 Å². The predicted octanol–water partition coefficient (Wildman–Crippen LogP) is 6.31. The van der Waals surface area contributed by atoms with E-state index in [1.807, 2.05) is 12.1 Å². The summed E-state index contributed by atoms with van der Waals surface area (Å²) in [5.41, 5.74) is 1.62. The normalized spacial score (nSPS) is 21.0. The average Bonchev–Trinajstić information content (AvgIpc) is 2.97. The van der Waals surface area contributed by atoms with Gasteiger partial charge in [0.1, 0.15) is 3.23 Å². The fourth-order valence-corrected chi connectivity index (χ4v) is 4.55. The van der Waals surface area contributed by atoms with Crippen LogP contribution in [0.4, 0.5) is 4.79 Å². The van der Waals surface area contributed by atoms with E-state index in [1.54, 1.807) is 0 Å². The number of hydrogen-bond donors (Lipinski definition) is 2. The zero-order valence-corrected chi connectivity index (χ0v) is 17.0. The average molecular weight is 507 g/mol. The van der Waals surface area contributed by atoms with Gasteiger partial charge in [-0.05, 0) is 35.4 Å². The van der Waals surface area contributed by atoms with Crippen molar-refractivity contribution in [3.63, 3.8) is 0 Å². The molecule has 0 bridgehead atoms. The zero-order chi connectivity index (χ0) is 16.4. The molecule has 1 saturated carbocycles. The van der Waals surface area contributed by atoms with Crippen LogP contribution in [0.25, 0.3) is 0 Å². The highest BCUT2D eigenvalue weighted by Gasteiger charge is 2.55. The van der Waals surface area contributed by atoms with Gasteiger partial charge in [0.15, 0.2) is 0 Å². The SMILES string of the molecule is CC1(C)CC1C(Br)C(Br)(Br)c1ccc(Cl)cc1.O=C(O)O. The summed E-state index contributed by atoms with van der Waals surface area (Å²) in [7, 11) is 0. The van der Waals surface area contributed by atoms with Crippen molar-refractivity contribution in [2.24, 2.45) is 11.3 Å². The molecule has 21 heavy (non-hydrogen) atoms. The van der Waals surface area contributed by atoms with Crippen LogP contribution < -0.4 is 0 Å². The lowest BCUT2D eigenvalue weighted by atomic mass is 10.0. The summed E-state index contributed by atoms with van der Waals surface area (Å²) < 4.78 is -0.233. The highest BCUT2D eigenvalue weighted by atomic mass is 79.9. The maximum atomic E-state index is 8.56. The summed E-state index contributed by atoms with van der Waals surface area (Å²) >= 11 is 17.3. The molecule has 2 unspecified atom stereocenters. The van der Waals surface area contributed by atoms with Crippen molar-refractivity contribution in [3.8, 4) is 0 Å². The lowest BCUT2D eigenvalue weighted by molar-refractivity contribution is 0.137. The van der Waals surface area contributed by atoms with Crippen LogP contribution in [-0.2, 0) is 3.23 Å². The summed E-state index contributed by atoms with van der Waals surface area (Å²) in [6, 6.07) is 7.95. The van der Waals surface area contributed by atoms with Crippen LogP contribution in [0.1, 0.15) is 25.8 Å². The van der Waals surface area contributed by atoms with Crippen LogP contribution >= 0.6 is 59.4 Å². The molecule has 1 fully saturated rings. The standard InChI is InChI=1S/C13H14Br3Cl.CH2O3/c1-12(2)7-10(12)11(14)13(15,16)8-3-5-9(17)6-4-8;2-1(3)4/h3-6,10-11H,7H2,1-2H3;(H2,2,3,4). The molecule has 1 aliphatic rings. The largest absolute Gasteiger partial charge is 0.503 e. The van der Waals surface area contributed by atoms with Crippen LogP contribution in [0, 0.1) is 11.3 Å². The fraction of sp³-hybridized carbons (Fsp3) is 0.500. The maximum Gasteiger partial charge on any atom is 0.503 e. The second-order valence-corrected chi connectivity index (χ2v) is 10.6. The van der Waals surface area contributed by atoms with Gasteiger partial charge in [0, 0.05) is 9.85 Å². The molecule has 0 saturated heterocycles. The molecule has 2 N–H and O–H groups in total. The molecule has 0 aliphatic heterocycles. The second-order valence-electron chi connectivity index (χ2n) is 5.61. The first kappa shape index (κ1) is 19.3. The third-order valence-electron chi connectivity index (χ3n) is 3.52. The first-order chi connectivity index (χ1) is 9.48. The van der Waals surface area contributed by atoms with E-state index < -0.39 is 6.16 Å². The van der Waals surface area contributed by atoms with E-state index in [0.29, 0.717) is 16.2 Å². The Balaban J connectivity index is 0.000000491. The Labute approximate surface area is 154 Å². The Morgan fingerprint density at radius 1 is 1.33 bits per heavy atom. The van der Waals surface area contributed by atoms with Gasteiger partial charge in [-0.25, -0.2) is 4.79 Å². The van der Waals surface area contributed by atoms with Gasteiger partial charge >= 0.3 is 6.16 Å². The Kier molecular flexibility index (Phi) is 6.60. The van der Waals surface area contributed by atoms with Gasteiger partial charge in [-0.3, -0.25) is 0 Å². The molecule has 7 heteroatoms. The van der Waals surface area contributed by atoms with Gasteiger partial charge in [0.2, 0.25) is 0 Å². The minimum Gasteiger partial charge on any atom is -0.450 e. The van der Waals surface area contributed by atoms with Crippen LogP contribution in [0.15, 0.2) is 24.3 Å². The molecule has 0 heterocycles. The maximum absolute atomic E-state index is 8.56. The molecule has 1 aromatic rings. The number of alkyl halides is 3. The Morgan fingerprint density at radius 3 is 2.05 bits per heavy atom. The Hall–Kier alpha value is 0.220. The van der Waals surface area contributed by atoms with Crippen molar-refractivity contribution >= 4 is 65.5 Å². The molecule has 0 radical (unpaired) electrons. The lowest BCUT2D eigenvalue weighted by Gasteiger charge is -2.28. The van der Waals surface area contributed by atoms with Gasteiger partial charge in [0.25, 0.3) is 0 Å². The van der Waals surface area contributed by atoms with E-state index >= 15 is 0 Å². The fourth-order valence-electron chi connectivity index (χ4n) is 2.09. The van der Waals surface area contributed by atoms with Crippen molar-refractivity contribution in [3.05, 3.63) is 34.9 Å². The number of halogens is 4. The summed E-state index contributed by atoms with van der Waals surface area (Å²) in [4.78, 5) is 8.91. The van der Waals surface area contributed by atoms with Gasteiger partial charge < -0.3 is 10.2 Å². The second kappa shape index (κ2) is 7.20. The number of hydrogen-bond acceptors (Lipinski definition) is 1. The number of benzene rings is 1. The summed E-state index contributed by atoms with van der Waals surface area (Å²) in [5, 5.41) is 14.7. The highest BCUT2D eigenvalue weighted by Crippen LogP contribution is 2.62. The van der Waals surface area contributed by atoms with Crippen molar-refractivity contribution in [1.82, 2.24) is 0 Å². The molecule has 0 spiro atoms. The monoisotopic (exact) mass is 504 g/mol. The van der Waals surface area contributed by atoms with Crippen molar-refractivity contribution in [1.29, 1.82) is 0 Å². The minimum absolute atomic E-state index is 0.233. The molecule has 2 atom stereocenters. The first-order valence-electron chi connectivity index (χ1n) is 6.18. The molecule has 0 amide bonds. The van der Waals surface area contributed by atoms with E-state index in [1.165, 1.54) is 12.0 Å². The van der Waals surface area contributed by atoms with E-state index in [0.717, 1.165) is 5.02 Å². The zero-order valence-electron chi connectivity index (χ0n) is 11.5. The van der Waals surface area contributed by atoms with E-state index in [-0.39, 0.29) is 3.23 Å².